The maximum absolute atomic E-state index is 14.0. The number of ether oxygens (including phenoxy) is 1. The van der Waals surface area contributed by atoms with Crippen LogP contribution in [0.25, 0.3) is 0 Å². The smallest absolute Gasteiger partial charge is 0.460 e. The minimum atomic E-state index is -6.79. The van der Waals surface area contributed by atoms with E-state index in [0.717, 1.165) is 12.5 Å². The number of carbonyl (C=O) groups excluding carboxylic acids is 1. The Bertz CT molecular complexity index is 787. The Morgan fingerprint density at radius 2 is 1.65 bits per heavy atom. The standard InChI is InChI=1S/C18H23F7N2O7/c19-16(20,17(21,22)18(23,24)25)15(33)26-11-8(27-4-2-1-3-5-27)6-10(14(31)32)34-13(11)12(30)9(29)7-28/h6,8-9,11-13,28-30H,1-5,7H2,(H,26,33)(H,31,32)/t8-,9+,11+,12+,13+/m0/s1. The highest BCUT2D eigenvalue weighted by molar-refractivity contribution is 5.86. The molecule has 0 saturated carbocycles. The first-order chi connectivity index (χ1) is 15.6. The summed E-state index contributed by atoms with van der Waals surface area (Å²) in [7, 11) is 0. The van der Waals surface area contributed by atoms with Gasteiger partial charge in [0.15, 0.2) is 0 Å². The van der Waals surface area contributed by atoms with Crippen LogP contribution in [0.2, 0.25) is 0 Å². The molecule has 0 bridgehead atoms. The summed E-state index contributed by atoms with van der Waals surface area (Å²) in [5.74, 6) is -18.7. The average molecular weight is 512 g/mol. The molecule has 196 valence electrons. The molecule has 0 aliphatic carbocycles. The van der Waals surface area contributed by atoms with Crippen LogP contribution in [0.3, 0.4) is 0 Å². The van der Waals surface area contributed by atoms with Gasteiger partial charge in [-0.05, 0) is 32.0 Å². The third kappa shape index (κ3) is 5.39. The number of amides is 1. The van der Waals surface area contributed by atoms with Crippen LogP contribution < -0.4 is 5.32 Å². The summed E-state index contributed by atoms with van der Waals surface area (Å²) in [6.07, 6.45) is -10.7. The van der Waals surface area contributed by atoms with Crippen molar-refractivity contribution >= 4 is 11.9 Å². The fraction of sp³-hybridized carbons (Fsp3) is 0.778. The Hall–Kier alpha value is -2.17. The van der Waals surface area contributed by atoms with Crippen molar-refractivity contribution < 1.29 is 65.5 Å². The van der Waals surface area contributed by atoms with Crippen molar-refractivity contribution in [3.8, 4) is 0 Å². The maximum atomic E-state index is 14.0. The van der Waals surface area contributed by atoms with Crippen molar-refractivity contribution in [1.82, 2.24) is 10.2 Å². The van der Waals surface area contributed by atoms with Gasteiger partial charge in [-0.2, -0.15) is 30.7 Å². The quantitative estimate of drug-likeness (QED) is 0.292. The molecule has 0 spiro atoms. The molecule has 0 aromatic rings. The van der Waals surface area contributed by atoms with E-state index in [1.807, 2.05) is 0 Å². The summed E-state index contributed by atoms with van der Waals surface area (Å²) in [4.78, 5) is 25.0. The van der Waals surface area contributed by atoms with E-state index < -0.39 is 72.7 Å². The van der Waals surface area contributed by atoms with E-state index in [2.05, 4.69) is 0 Å². The molecule has 9 nitrogen and oxygen atoms in total. The summed E-state index contributed by atoms with van der Waals surface area (Å²) in [6.45, 7) is -0.758. The van der Waals surface area contributed by atoms with Crippen LogP contribution in [0.15, 0.2) is 11.8 Å². The number of carboxylic acid groups (broad SMARTS) is 1. The van der Waals surface area contributed by atoms with E-state index in [1.165, 1.54) is 10.2 Å². The maximum Gasteiger partial charge on any atom is 0.460 e. The van der Waals surface area contributed by atoms with Gasteiger partial charge in [-0.25, -0.2) is 4.79 Å². The average Bonchev–Trinajstić information content (AvgIpc) is 2.77. The summed E-state index contributed by atoms with van der Waals surface area (Å²) in [5, 5.41) is 39.8. The van der Waals surface area contributed by atoms with E-state index in [1.54, 1.807) is 0 Å². The molecule has 0 aromatic heterocycles. The monoisotopic (exact) mass is 512 g/mol. The Morgan fingerprint density at radius 1 is 1.09 bits per heavy atom. The zero-order valence-corrected chi connectivity index (χ0v) is 17.3. The van der Waals surface area contributed by atoms with Gasteiger partial charge in [0.1, 0.15) is 18.3 Å². The molecule has 2 rings (SSSR count). The Balaban J connectivity index is 2.51. The molecular weight excluding hydrogens is 489 g/mol. The lowest BCUT2D eigenvalue weighted by atomic mass is 9.89. The number of piperidine rings is 1. The highest BCUT2D eigenvalue weighted by atomic mass is 19.4. The van der Waals surface area contributed by atoms with Crippen LogP contribution in [0, 0.1) is 0 Å². The molecule has 5 N–H and O–H groups in total. The fourth-order valence-corrected chi connectivity index (χ4v) is 3.72. The SMILES string of the molecule is O=C(O)C1=C[C@H](N2CCCCC2)[C@@H](NC(=O)C(F)(F)C(F)(F)C(F)(F)F)[C@H]([C@H](O)[C@H](O)CO)O1. The van der Waals surface area contributed by atoms with Gasteiger partial charge in [-0.1, -0.05) is 6.42 Å². The zero-order chi connectivity index (χ0) is 26.1. The van der Waals surface area contributed by atoms with E-state index in [0.29, 0.717) is 12.8 Å². The molecule has 1 fully saturated rings. The van der Waals surface area contributed by atoms with Crippen molar-refractivity contribution in [2.75, 3.05) is 19.7 Å². The molecule has 2 aliphatic rings. The van der Waals surface area contributed by atoms with Crippen LogP contribution in [-0.2, 0) is 14.3 Å². The molecule has 0 aromatic carbocycles. The third-order valence-corrected chi connectivity index (χ3v) is 5.58. The molecule has 34 heavy (non-hydrogen) atoms. The number of aliphatic carboxylic acids is 1. The largest absolute Gasteiger partial charge is 0.478 e. The second-order valence-corrected chi connectivity index (χ2v) is 7.89. The van der Waals surface area contributed by atoms with Crippen molar-refractivity contribution in [2.24, 2.45) is 0 Å². The molecule has 5 atom stereocenters. The predicted molar refractivity (Wildman–Crippen MR) is 96.8 cm³/mol. The molecule has 2 heterocycles. The number of hydrogen-bond acceptors (Lipinski definition) is 7. The fourth-order valence-electron chi connectivity index (χ4n) is 3.72. The minimum absolute atomic E-state index is 0.195. The molecule has 1 amide bonds. The number of alkyl halides is 7. The first-order valence-electron chi connectivity index (χ1n) is 10.0. The van der Waals surface area contributed by atoms with Gasteiger partial charge in [0.25, 0.3) is 5.91 Å². The van der Waals surface area contributed by atoms with E-state index in [-0.39, 0.29) is 13.1 Å². The number of rotatable bonds is 8. The Labute approximate surface area is 187 Å². The lowest BCUT2D eigenvalue weighted by Gasteiger charge is -2.45. The van der Waals surface area contributed by atoms with Crippen LogP contribution in [0.5, 0.6) is 0 Å². The number of hydrogen-bond donors (Lipinski definition) is 5. The molecule has 0 radical (unpaired) electrons. The number of likely N-dealkylation sites (tertiary alicyclic amines) is 1. The number of halogens is 7. The molecule has 2 aliphatic heterocycles. The van der Waals surface area contributed by atoms with E-state index in [4.69, 9.17) is 9.84 Å². The van der Waals surface area contributed by atoms with E-state index in [9.17, 15) is 55.6 Å². The highest BCUT2D eigenvalue weighted by Crippen LogP contribution is 2.46. The van der Waals surface area contributed by atoms with Crippen LogP contribution in [-0.4, -0.2) is 105 Å². The topological polar surface area (TPSA) is 140 Å². The van der Waals surface area contributed by atoms with Crippen molar-refractivity contribution in [1.29, 1.82) is 0 Å². The Kier molecular flexibility index (Phi) is 8.43. The number of aliphatic hydroxyl groups is 3. The molecular formula is C18H23F7N2O7. The first-order valence-corrected chi connectivity index (χ1v) is 10.0. The van der Waals surface area contributed by atoms with Crippen LogP contribution in [0.1, 0.15) is 19.3 Å². The van der Waals surface area contributed by atoms with Crippen molar-refractivity contribution in [2.45, 2.75) is 67.7 Å². The summed E-state index contributed by atoms with van der Waals surface area (Å²) >= 11 is 0. The first kappa shape index (κ1) is 28.1. The minimum Gasteiger partial charge on any atom is -0.478 e. The van der Waals surface area contributed by atoms with Gasteiger partial charge in [0, 0.05) is 0 Å². The van der Waals surface area contributed by atoms with Gasteiger partial charge in [0.2, 0.25) is 5.76 Å². The summed E-state index contributed by atoms with van der Waals surface area (Å²) < 4.78 is 97.2. The molecule has 16 heteroatoms. The zero-order valence-electron chi connectivity index (χ0n) is 17.3. The number of aliphatic hydroxyl groups excluding tert-OH is 3. The van der Waals surface area contributed by atoms with Crippen LogP contribution >= 0.6 is 0 Å². The Morgan fingerprint density at radius 3 is 2.12 bits per heavy atom. The van der Waals surface area contributed by atoms with Gasteiger partial charge < -0.3 is 30.5 Å². The van der Waals surface area contributed by atoms with Gasteiger partial charge in [-0.15, -0.1) is 0 Å². The lowest BCUT2D eigenvalue weighted by molar-refractivity contribution is -0.344. The second kappa shape index (κ2) is 10.2. The normalized spacial score (nSPS) is 26.8. The molecule has 0 unspecified atom stereocenters. The van der Waals surface area contributed by atoms with Gasteiger partial charge in [0.05, 0.1) is 18.7 Å². The second-order valence-electron chi connectivity index (χ2n) is 7.89. The van der Waals surface area contributed by atoms with Crippen LogP contribution in [0.4, 0.5) is 30.7 Å². The lowest BCUT2D eigenvalue weighted by Crippen LogP contribution is -2.68. The van der Waals surface area contributed by atoms with Gasteiger partial charge >= 0.3 is 24.0 Å². The number of carboxylic acids is 1. The predicted octanol–water partition coefficient (Wildman–Crippen LogP) is 0.240. The number of nitrogens with one attached hydrogen (secondary N) is 1. The summed E-state index contributed by atoms with van der Waals surface area (Å²) in [5.41, 5.74) is 0. The van der Waals surface area contributed by atoms with Crippen molar-refractivity contribution in [3.63, 3.8) is 0 Å². The number of nitrogens with zero attached hydrogens (tertiary/aromatic N) is 1. The highest BCUT2D eigenvalue weighted by Gasteiger charge is 2.76. The van der Waals surface area contributed by atoms with Gasteiger partial charge in [-0.3, -0.25) is 9.69 Å². The summed E-state index contributed by atoms with van der Waals surface area (Å²) in [6, 6.07) is -3.43. The van der Waals surface area contributed by atoms with Crippen molar-refractivity contribution in [3.05, 3.63) is 11.8 Å². The molecule has 1 saturated heterocycles. The number of carbonyl (C=O) groups is 2. The third-order valence-electron chi connectivity index (χ3n) is 5.58. The van der Waals surface area contributed by atoms with E-state index >= 15 is 0 Å².